The van der Waals surface area contributed by atoms with E-state index < -0.39 is 0 Å². The summed E-state index contributed by atoms with van der Waals surface area (Å²) >= 11 is 0. The van der Waals surface area contributed by atoms with Crippen molar-refractivity contribution in [2.45, 2.75) is 27.7 Å². The van der Waals surface area contributed by atoms with Gasteiger partial charge in [-0.3, -0.25) is 0 Å². The maximum atomic E-state index is 4.83. The number of rotatable bonds is 3. The van der Waals surface area contributed by atoms with Gasteiger partial charge >= 0.3 is 0 Å². The first-order valence-electron chi connectivity index (χ1n) is 10.9. The monoisotopic (exact) mass is 412 g/mol. The number of hydrogen-bond acceptors (Lipinski definition) is 5. The Kier molecular flexibility index (Phi) is 4.85. The van der Waals surface area contributed by atoms with Crippen molar-refractivity contribution in [3.05, 3.63) is 70.9 Å². The molecule has 0 bridgehead atoms. The summed E-state index contributed by atoms with van der Waals surface area (Å²) in [6, 6.07) is 17.1. The second kappa shape index (κ2) is 7.69. The zero-order valence-corrected chi connectivity index (χ0v) is 18.6. The van der Waals surface area contributed by atoms with Gasteiger partial charge in [-0.1, -0.05) is 35.9 Å². The summed E-state index contributed by atoms with van der Waals surface area (Å²) in [4.78, 5) is 14.3. The SMILES string of the molecule is Cc1cccc(-c2nc3nc(C)cc(N4CCN(c5cc(C)ccc5C)CC4)n3n2)c1. The van der Waals surface area contributed by atoms with Gasteiger partial charge < -0.3 is 9.80 Å². The second-order valence-electron chi connectivity index (χ2n) is 8.54. The quantitative estimate of drug-likeness (QED) is 0.501. The second-order valence-corrected chi connectivity index (χ2v) is 8.54. The Balaban J connectivity index is 1.45. The Morgan fingerprint density at radius 3 is 2.26 bits per heavy atom. The van der Waals surface area contributed by atoms with E-state index in [0.717, 1.165) is 49.1 Å². The molecule has 6 nitrogen and oxygen atoms in total. The normalized spacial score (nSPS) is 14.5. The fraction of sp³-hybridized carbons (Fsp3) is 0.320. The zero-order chi connectivity index (χ0) is 21.5. The number of hydrogen-bond donors (Lipinski definition) is 0. The highest BCUT2D eigenvalue weighted by Gasteiger charge is 2.22. The van der Waals surface area contributed by atoms with E-state index in [1.54, 1.807) is 0 Å². The van der Waals surface area contributed by atoms with Crippen LogP contribution >= 0.6 is 0 Å². The van der Waals surface area contributed by atoms with Crippen LogP contribution in [0.3, 0.4) is 0 Å². The molecule has 2 aromatic carbocycles. The molecule has 5 rings (SSSR count). The first-order chi connectivity index (χ1) is 15.0. The summed E-state index contributed by atoms with van der Waals surface area (Å²) < 4.78 is 1.90. The lowest BCUT2D eigenvalue weighted by atomic mass is 10.1. The Morgan fingerprint density at radius 2 is 1.48 bits per heavy atom. The lowest BCUT2D eigenvalue weighted by Gasteiger charge is -2.38. The highest BCUT2D eigenvalue weighted by atomic mass is 15.4. The molecule has 0 saturated carbocycles. The standard InChI is InChI=1S/C25H28N6/c1-17-6-5-7-21(14-17)24-27-25-26-20(4)16-23(31(25)28-24)30-12-10-29(11-13-30)22-15-18(2)8-9-19(22)3/h5-9,14-16H,10-13H2,1-4H3. The number of fused-ring (bicyclic) bond motifs is 1. The van der Waals surface area contributed by atoms with Crippen molar-refractivity contribution >= 4 is 17.3 Å². The van der Waals surface area contributed by atoms with Gasteiger partial charge in [-0.15, -0.1) is 5.10 Å². The molecule has 158 valence electrons. The van der Waals surface area contributed by atoms with Crippen molar-refractivity contribution in [3.63, 3.8) is 0 Å². The minimum atomic E-state index is 0.656. The molecular weight excluding hydrogens is 384 g/mol. The van der Waals surface area contributed by atoms with E-state index in [0.29, 0.717) is 5.78 Å². The number of aryl methyl sites for hydroxylation is 4. The lowest BCUT2D eigenvalue weighted by Crippen LogP contribution is -2.47. The predicted octanol–water partition coefficient (Wildman–Crippen LogP) is 4.35. The average molecular weight is 413 g/mol. The van der Waals surface area contributed by atoms with Crippen LogP contribution in [0.2, 0.25) is 0 Å². The zero-order valence-electron chi connectivity index (χ0n) is 18.6. The fourth-order valence-corrected chi connectivity index (χ4v) is 4.34. The summed E-state index contributed by atoms with van der Waals surface area (Å²) in [5.74, 6) is 2.44. The maximum Gasteiger partial charge on any atom is 0.254 e. The van der Waals surface area contributed by atoms with Crippen LogP contribution in [0.25, 0.3) is 17.2 Å². The molecule has 6 heteroatoms. The summed E-state index contributed by atoms with van der Waals surface area (Å²) in [5.41, 5.74) is 7.17. The summed E-state index contributed by atoms with van der Waals surface area (Å²) in [7, 11) is 0. The van der Waals surface area contributed by atoms with Crippen LogP contribution < -0.4 is 9.80 Å². The van der Waals surface area contributed by atoms with E-state index in [1.807, 2.05) is 17.5 Å². The average Bonchev–Trinajstić information content (AvgIpc) is 3.19. The Bertz CT molecular complexity index is 1250. The molecule has 31 heavy (non-hydrogen) atoms. The van der Waals surface area contributed by atoms with Gasteiger partial charge in [0.25, 0.3) is 5.78 Å². The smallest absolute Gasteiger partial charge is 0.254 e. The van der Waals surface area contributed by atoms with Gasteiger partial charge in [0.2, 0.25) is 0 Å². The molecule has 0 amide bonds. The van der Waals surface area contributed by atoms with Crippen LogP contribution in [-0.2, 0) is 0 Å². The van der Waals surface area contributed by atoms with Crippen LogP contribution in [0.15, 0.2) is 48.5 Å². The molecule has 1 fully saturated rings. The van der Waals surface area contributed by atoms with Crippen LogP contribution in [-0.4, -0.2) is 45.8 Å². The van der Waals surface area contributed by atoms with Gasteiger partial charge in [0.05, 0.1) is 0 Å². The topological polar surface area (TPSA) is 49.6 Å². The molecule has 4 aromatic rings. The van der Waals surface area contributed by atoms with Gasteiger partial charge in [-0.25, -0.2) is 4.98 Å². The molecule has 0 unspecified atom stereocenters. The van der Waals surface area contributed by atoms with E-state index >= 15 is 0 Å². The molecule has 0 spiro atoms. The molecule has 1 aliphatic rings. The first kappa shape index (κ1) is 19.5. The summed E-state index contributed by atoms with van der Waals surface area (Å²) in [6.45, 7) is 12.3. The molecule has 1 saturated heterocycles. The largest absolute Gasteiger partial charge is 0.368 e. The third-order valence-corrected chi connectivity index (χ3v) is 6.01. The molecule has 1 aliphatic heterocycles. The molecule has 2 aromatic heterocycles. The predicted molar refractivity (Wildman–Crippen MR) is 126 cm³/mol. The molecule has 0 radical (unpaired) electrons. The first-order valence-corrected chi connectivity index (χ1v) is 10.9. The highest BCUT2D eigenvalue weighted by molar-refractivity contribution is 5.60. The fourth-order valence-electron chi connectivity index (χ4n) is 4.34. The van der Waals surface area contributed by atoms with Crippen molar-refractivity contribution in [1.29, 1.82) is 0 Å². The third-order valence-electron chi connectivity index (χ3n) is 6.01. The number of nitrogens with zero attached hydrogens (tertiary/aromatic N) is 6. The Morgan fingerprint density at radius 1 is 0.742 bits per heavy atom. The van der Waals surface area contributed by atoms with Crippen molar-refractivity contribution in [2.24, 2.45) is 0 Å². The summed E-state index contributed by atoms with van der Waals surface area (Å²) in [6.07, 6.45) is 0. The Hall–Kier alpha value is -3.41. The molecule has 0 atom stereocenters. The van der Waals surface area contributed by atoms with Crippen LogP contribution in [0, 0.1) is 27.7 Å². The Labute approximate surface area is 183 Å². The van der Waals surface area contributed by atoms with Crippen molar-refractivity contribution < 1.29 is 0 Å². The van der Waals surface area contributed by atoms with E-state index in [-0.39, 0.29) is 0 Å². The minimum absolute atomic E-state index is 0.656. The molecule has 3 heterocycles. The van der Waals surface area contributed by atoms with Gasteiger partial charge in [0, 0.05) is 49.2 Å². The van der Waals surface area contributed by atoms with Crippen LogP contribution in [0.1, 0.15) is 22.4 Å². The van der Waals surface area contributed by atoms with Crippen molar-refractivity contribution in [2.75, 3.05) is 36.0 Å². The molecular formula is C25H28N6. The van der Waals surface area contributed by atoms with E-state index in [4.69, 9.17) is 10.1 Å². The number of anilines is 2. The van der Waals surface area contributed by atoms with Crippen molar-refractivity contribution in [3.8, 4) is 11.4 Å². The van der Waals surface area contributed by atoms with Gasteiger partial charge in [0.1, 0.15) is 5.82 Å². The van der Waals surface area contributed by atoms with Gasteiger partial charge in [-0.05, 0) is 51.0 Å². The van der Waals surface area contributed by atoms with Crippen molar-refractivity contribution in [1.82, 2.24) is 19.6 Å². The van der Waals surface area contributed by atoms with Gasteiger partial charge in [-0.2, -0.15) is 9.50 Å². The lowest BCUT2D eigenvalue weighted by molar-refractivity contribution is 0.637. The highest BCUT2D eigenvalue weighted by Crippen LogP contribution is 2.26. The van der Waals surface area contributed by atoms with Crippen LogP contribution in [0.5, 0.6) is 0 Å². The number of benzene rings is 2. The molecule has 0 aliphatic carbocycles. The molecule has 0 N–H and O–H groups in total. The minimum Gasteiger partial charge on any atom is -0.368 e. The van der Waals surface area contributed by atoms with E-state index in [2.05, 4.69) is 78.0 Å². The van der Waals surface area contributed by atoms with E-state index in [9.17, 15) is 0 Å². The maximum absolute atomic E-state index is 4.83. The summed E-state index contributed by atoms with van der Waals surface area (Å²) in [5, 5.41) is 4.83. The van der Waals surface area contributed by atoms with Gasteiger partial charge in [0.15, 0.2) is 5.82 Å². The third kappa shape index (κ3) is 3.74. The van der Waals surface area contributed by atoms with E-state index in [1.165, 1.54) is 22.4 Å². The number of aromatic nitrogens is 4. The number of piperazine rings is 1. The van der Waals surface area contributed by atoms with Crippen LogP contribution in [0.4, 0.5) is 11.5 Å².